The van der Waals surface area contributed by atoms with Gasteiger partial charge in [-0.25, -0.2) is 5.43 Å². The van der Waals surface area contributed by atoms with Gasteiger partial charge in [0.1, 0.15) is 17.9 Å². The maximum absolute atomic E-state index is 12.4. The van der Waals surface area contributed by atoms with Crippen molar-refractivity contribution in [2.75, 3.05) is 6.79 Å². The molecule has 1 amide bonds. The number of fused-ring (bicyclic) bond motifs is 2. The van der Waals surface area contributed by atoms with Crippen LogP contribution in [0, 0.1) is 0 Å². The largest absolute Gasteiger partial charge is 0.487 e. The Balaban J connectivity index is 1.23. The molecular weight excluding hydrogens is 636 g/mol. The van der Waals surface area contributed by atoms with Gasteiger partial charge in [-0.15, -0.1) is 0 Å². The third kappa shape index (κ3) is 4.98. The number of hydrazone groups is 1. The molecule has 0 atom stereocenters. The number of carbonyl (C=O) groups is 1. The van der Waals surface area contributed by atoms with Crippen LogP contribution in [0.5, 0.6) is 17.2 Å². The van der Waals surface area contributed by atoms with E-state index in [1.807, 2.05) is 42.5 Å². The molecule has 0 unspecified atom stereocenters. The number of furan rings is 1. The Morgan fingerprint density at radius 2 is 1.79 bits per heavy atom. The van der Waals surface area contributed by atoms with Crippen molar-refractivity contribution in [3.63, 3.8) is 0 Å². The van der Waals surface area contributed by atoms with Gasteiger partial charge in [-0.1, -0.05) is 22.0 Å². The molecule has 4 aromatic rings. The topological polar surface area (TPSA) is 82.3 Å². The van der Waals surface area contributed by atoms with Crippen LogP contribution in [0.3, 0.4) is 0 Å². The van der Waals surface area contributed by atoms with Crippen molar-refractivity contribution in [3.8, 4) is 17.2 Å². The zero-order chi connectivity index (χ0) is 23.7. The molecule has 0 radical (unpaired) electrons. The summed E-state index contributed by atoms with van der Waals surface area (Å²) in [6.07, 6.45) is 1.54. The number of amides is 1. The van der Waals surface area contributed by atoms with E-state index in [0.717, 1.165) is 35.7 Å². The van der Waals surface area contributed by atoms with Crippen molar-refractivity contribution in [1.82, 2.24) is 5.43 Å². The van der Waals surface area contributed by atoms with E-state index in [1.165, 1.54) is 6.21 Å². The first-order valence-electron chi connectivity index (χ1n) is 9.99. The molecule has 0 saturated heterocycles. The van der Waals surface area contributed by atoms with E-state index >= 15 is 0 Å². The number of carbonyl (C=O) groups excluding carboxylic acids is 1. The van der Waals surface area contributed by atoms with E-state index in [1.54, 1.807) is 12.1 Å². The van der Waals surface area contributed by atoms with Gasteiger partial charge in [-0.05, 0) is 91.5 Å². The lowest BCUT2D eigenvalue weighted by molar-refractivity contribution is 0.0929. The molecule has 1 aromatic heterocycles. The van der Waals surface area contributed by atoms with Crippen LogP contribution < -0.4 is 19.6 Å². The number of rotatable bonds is 6. The molecule has 1 aliphatic heterocycles. The van der Waals surface area contributed by atoms with E-state index in [-0.39, 0.29) is 12.6 Å². The van der Waals surface area contributed by atoms with E-state index in [9.17, 15) is 4.79 Å². The summed E-state index contributed by atoms with van der Waals surface area (Å²) in [5.74, 6) is 1.83. The van der Waals surface area contributed by atoms with Crippen LogP contribution in [0.25, 0.3) is 11.0 Å². The Kier molecular flexibility index (Phi) is 6.62. The van der Waals surface area contributed by atoms with Crippen molar-refractivity contribution in [1.29, 1.82) is 0 Å². The number of hydrogen-bond donors (Lipinski definition) is 1. The molecule has 172 valence electrons. The molecule has 0 spiro atoms. The second kappa shape index (κ2) is 9.81. The lowest BCUT2D eigenvalue weighted by Gasteiger charge is -2.11. The van der Waals surface area contributed by atoms with Crippen LogP contribution in [0.1, 0.15) is 21.7 Å². The molecule has 0 saturated carbocycles. The lowest BCUT2D eigenvalue weighted by atomic mass is 10.2. The number of halogens is 3. The molecule has 0 aliphatic carbocycles. The van der Waals surface area contributed by atoms with Gasteiger partial charge in [0, 0.05) is 9.86 Å². The Morgan fingerprint density at radius 3 is 2.62 bits per heavy atom. The van der Waals surface area contributed by atoms with Gasteiger partial charge in [0.2, 0.25) is 6.79 Å². The van der Waals surface area contributed by atoms with Gasteiger partial charge < -0.3 is 18.6 Å². The SMILES string of the molecule is O=C(N/N=C/c1cc(Br)c(OCc2ccc3c(c2)OCO3)c(Br)c1)c1cc2cc(Br)ccc2o1. The molecule has 7 nitrogen and oxygen atoms in total. The summed E-state index contributed by atoms with van der Waals surface area (Å²) in [6, 6.07) is 16.6. The van der Waals surface area contributed by atoms with Crippen molar-refractivity contribution >= 4 is 70.9 Å². The minimum Gasteiger partial charge on any atom is -0.487 e. The molecule has 1 N–H and O–H groups in total. The van der Waals surface area contributed by atoms with E-state index in [4.69, 9.17) is 18.6 Å². The van der Waals surface area contributed by atoms with Crippen LogP contribution in [0.15, 0.2) is 77.5 Å². The fraction of sp³-hybridized carbons (Fsp3) is 0.0833. The second-order valence-electron chi connectivity index (χ2n) is 7.28. The molecule has 1 aliphatic rings. The number of hydrogen-bond acceptors (Lipinski definition) is 6. The monoisotopic (exact) mass is 648 g/mol. The number of ether oxygens (including phenoxy) is 3. The van der Waals surface area contributed by atoms with Crippen molar-refractivity contribution < 1.29 is 23.4 Å². The Labute approximate surface area is 219 Å². The van der Waals surface area contributed by atoms with Crippen LogP contribution in [0.4, 0.5) is 0 Å². The first-order valence-corrected chi connectivity index (χ1v) is 12.4. The standard InChI is InChI=1S/C24H15Br3N2O5/c25-16-2-4-19-15(8-16)9-22(34-19)24(30)29-28-10-14-5-17(26)23(18(27)6-14)31-11-13-1-3-20-21(7-13)33-12-32-20/h1-10H,11-12H2,(H,29,30)/b28-10+. The normalized spacial score (nSPS) is 12.4. The lowest BCUT2D eigenvalue weighted by Crippen LogP contribution is -2.16. The maximum atomic E-state index is 12.4. The molecule has 5 rings (SSSR count). The van der Waals surface area contributed by atoms with Crippen LogP contribution in [-0.4, -0.2) is 18.9 Å². The van der Waals surface area contributed by atoms with Gasteiger partial charge in [-0.3, -0.25) is 4.79 Å². The highest BCUT2D eigenvalue weighted by atomic mass is 79.9. The summed E-state index contributed by atoms with van der Waals surface area (Å²) in [5, 5.41) is 4.87. The maximum Gasteiger partial charge on any atom is 0.307 e. The smallest absolute Gasteiger partial charge is 0.307 e. The molecule has 0 bridgehead atoms. The van der Waals surface area contributed by atoms with E-state index in [2.05, 4.69) is 58.3 Å². The summed E-state index contributed by atoms with van der Waals surface area (Å²) in [5.41, 5.74) is 4.82. The van der Waals surface area contributed by atoms with Crippen LogP contribution in [0.2, 0.25) is 0 Å². The summed E-state index contributed by atoms with van der Waals surface area (Å²) in [4.78, 5) is 12.4. The second-order valence-corrected chi connectivity index (χ2v) is 9.91. The van der Waals surface area contributed by atoms with Gasteiger partial charge in [0.05, 0.1) is 15.2 Å². The predicted octanol–water partition coefficient (Wildman–Crippen LogP) is 6.79. The summed E-state index contributed by atoms with van der Waals surface area (Å²) in [6.45, 7) is 0.585. The molecule has 2 heterocycles. The molecule has 10 heteroatoms. The highest BCUT2D eigenvalue weighted by Crippen LogP contribution is 2.36. The fourth-order valence-corrected chi connectivity index (χ4v) is 5.15. The third-order valence-corrected chi connectivity index (χ3v) is 6.59. The zero-order valence-corrected chi connectivity index (χ0v) is 22.1. The molecular formula is C24H15Br3N2O5. The Bertz CT molecular complexity index is 1410. The minimum atomic E-state index is -0.439. The molecule has 34 heavy (non-hydrogen) atoms. The van der Waals surface area contributed by atoms with Gasteiger partial charge in [-0.2, -0.15) is 5.10 Å². The summed E-state index contributed by atoms with van der Waals surface area (Å²) in [7, 11) is 0. The highest BCUT2D eigenvalue weighted by Gasteiger charge is 2.15. The molecule has 0 fully saturated rings. The Morgan fingerprint density at radius 1 is 1.00 bits per heavy atom. The Hall–Kier alpha value is -2.82. The van der Waals surface area contributed by atoms with E-state index < -0.39 is 5.91 Å². The van der Waals surface area contributed by atoms with E-state index in [0.29, 0.717) is 23.7 Å². The van der Waals surface area contributed by atoms with Gasteiger partial charge in [0.15, 0.2) is 17.3 Å². The average Bonchev–Trinajstić information content (AvgIpc) is 3.44. The molecule has 3 aromatic carbocycles. The summed E-state index contributed by atoms with van der Waals surface area (Å²) < 4.78 is 24.7. The quantitative estimate of drug-likeness (QED) is 0.184. The number of nitrogens with one attached hydrogen (secondary N) is 1. The van der Waals surface area contributed by atoms with Gasteiger partial charge >= 0.3 is 5.91 Å². The predicted molar refractivity (Wildman–Crippen MR) is 138 cm³/mol. The van der Waals surface area contributed by atoms with Crippen LogP contribution >= 0.6 is 47.8 Å². The van der Waals surface area contributed by atoms with Crippen molar-refractivity contribution in [2.45, 2.75) is 6.61 Å². The number of benzene rings is 3. The van der Waals surface area contributed by atoms with Crippen molar-refractivity contribution in [3.05, 3.63) is 84.9 Å². The number of nitrogens with zero attached hydrogens (tertiary/aromatic N) is 1. The third-order valence-electron chi connectivity index (χ3n) is 4.92. The summed E-state index contributed by atoms with van der Waals surface area (Å²) >= 11 is 10.5. The highest BCUT2D eigenvalue weighted by molar-refractivity contribution is 9.11. The van der Waals surface area contributed by atoms with Crippen molar-refractivity contribution in [2.24, 2.45) is 5.10 Å². The zero-order valence-electron chi connectivity index (χ0n) is 17.3. The van der Waals surface area contributed by atoms with Crippen LogP contribution in [-0.2, 0) is 6.61 Å². The first-order chi connectivity index (χ1) is 16.5. The van der Waals surface area contributed by atoms with Gasteiger partial charge in [0.25, 0.3) is 0 Å². The fourth-order valence-electron chi connectivity index (χ4n) is 3.32. The minimum absolute atomic E-state index is 0.180. The average molecular weight is 651 g/mol. The first kappa shape index (κ1) is 22.9.